The largest absolute Gasteiger partial charge is 0.418 e. The van der Waals surface area contributed by atoms with Gasteiger partial charge in [0.2, 0.25) is 17.7 Å². The summed E-state index contributed by atoms with van der Waals surface area (Å²) < 4.78 is 43.9. The summed E-state index contributed by atoms with van der Waals surface area (Å²) in [6.45, 7) is 2.83. The maximum Gasteiger partial charge on any atom is 0.418 e. The zero-order valence-corrected chi connectivity index (χ0v) is 17.8. The Morgan fingerprint density at radius 2 is 1.90 bits per heavy atom. The lowest BCUT2D eigenvalue weighted by Crippen LogP contribution is -2.37. The van der Waals surface area contributed by atoms with Crippen LogP contribution in [0.2, 0.25) is 0 Å². The van der Waals surface area contributed by atoms with Crippen molar-refractivity contribution >= 4 is 41.0 Å². The van der Waals surface area contributed by atoms with Crippen LogP contribution in [0.3, 0.4) is 0 Å². The number of aryl methyl sites for hydroxylation is 1. The molecule has 3 amide bonds. The number of hydrogen-bond acceptors (Lipinski definition) is 6. The van der Waals surface area contributed by atoms with Gasteiger partial charge in [0.05, 0.1) is 28.8 Å². The van der Waals surface area contributed by atoms with E-state index < -0.39 is 35.3 Å². The molecule has 2 rings (SSSR count). The van der Waals surface area contributed by atoms with Crippen molar-refractivity contribution in [2.75, 3.05) is 30.0 Å². The van der Waals surface area contributed by atoms with Crippen molar-refractivity contribution in [3.63, 3.8) is 0 Å². The lowest BCUT2D eigenvalue weighted by Gasteiger charge is -2.19. The van der Waals surface area contributed by atoms with E-state index in [1.165, 1.54) is 19.2 Å². The van der Waals surface area contributed by atoms with Gasteiger partial charge in [-0.05, 0) is 26.0 Å². The Labute approximate surface area is 180 Å². The van der Waals surface area contributed by atoms with Crippen molar-refractivity contribution in [2.45, 2.75) is 25.3 Å². The smallest absolute Gasteiger partial charge is 0.360 e. The normalized spacial score (nSPS) is 12.2. The summed E-state index contributed by atoms with van der Waals surface area (Å²) in [6, 6.07) is 6.11. The number of carbonyl (C=O) groups is 3. The zero-order chi connectivity index (χ0) is 23.2. The highest BCUT2D eigenvalue weighted by Gasteiger charge is 2.33. The predicted octanol–water partition coefficient (Wildman–Crippen LogP) is 3.16. The lowest BCUT2D eigenvalue weighted by molar-refractivity contribution is -0.137. The Morgan fingerprint density at radius 1 is 1.23 bits per heavy atom. The van der Waals surface area contributed by atoms with Crippen molar-refractivity contribution < 1.29 is 32.1 Å². The number of aromatic nitrogens is 1. The summed E-state index contributed by atoms with van der Waals surface area (Å²) in [5.74, 6) is -0.922. The Kier molecular flexibility index (Phi) is 8.08. The zero-order valence-electron chi connectivity index (χ0n) is 16.9. The molecule has 0 aliphatic carbocycles. The fraction of sp³-hybridized carbons (Fsp3) is 0.368. The van der Waals surface area contributed by atoms with Gasteiger partial charge in [-0.2, -0.15) is 13.2 Å². The molecule has 0 radical (unpaired) electrons. The quantitative estimate of drug-likeness (QED) is 0.630. The van der Waals surface area contributed by atoms with Crippen LogP contribution in [-0.4, -0.2) is 52.4 Å². The summed E-state index contributed by atoms with van der Waals surface area (Å²) in [5, 5.41) is 7.77. The molecule has 8 nitrogen and oxygen atoms in total. The van der Waals surface area contributed by atoms with E-state index in [-0.39, 0.29) is 23.2 Å². The van der Waals surface area contributed by atoms with E-state index in [1.807, 2.05) is 0 Å². The summed E-state index contributed by atoms with van der Waals surface area (Å²) in [7, 11) is 1.35. The minimum atomic E-state index is -4.62. The first kappa shape index (κ1) is 24.3. The molecular weight excluding hydrogens is 437 g/mol. The Balaban J connectivity index is 1.83. The third-order valence-corrected chi connectivity index (χ3v) is 5.15. The second-order valence-electron chi connectivity index (χ2n) is 6.61. The minimum absolute atomic E-state index is 0.102. The van der Waals surface area contributed by atoms with E-state index in [0.29, 0.717) is 5.76 Å². The van der Waals surface area contributed by atoms with Crippen LogP contribution >= 0.6 is 11.8 Å². The number of likely N-dealkylation sites (N-methyl/N-ethyl adjacent to an activating group) is 1. The number of amides is 3. The van der Waals surface area contributed by atoms with E-state index in [9.17, 15) is 27.6 Å². The number of nitrogens with one attached hydrogen (secondary N) is 2. The van der Waals surface area contributed by atoms with Gasteiger partial charge in [0.25, 0.3) is 0 Å². The second kappa shape index (κ2) is 10.3. The van der Waals surface area contributed by atoms with Gasteiger partial charge >= 0.3 is 6.18 Å². The highest BCUT2D eigenvalue weighted by Crippen LogP contribution is 2.34. The number of benzene rings is 1. The standard InChI is InChI=1S/C19H21F3N4O4S/c1-11-8-15(25-30-11)24-18(29)12(2)31-10-17(28)26(3)9-16(27)23-14-7-5-4-6-13(14)19(20,21)22/h4-8,12H,9-10H2,1-3H3,(H,23,27)(H,24,25,29)/t12-/m1/s1. The number of hydrogen-bond donors (Lipinski definition) is 2. The number of carbonyl (C=O) groups excluding carboxylic acids is 3. The van der Waals surface area contributed by atoms with Gasteiger partial charge in [-0.25, -0.2) is 0 Å². The minimum Gasteiger partial charge on any atom is -0.360 e. The number of para-hydroxylation sites is 1. The third kappa shape index (κ3) is 7.31. The molecule has 0 saturated carbocycles. The first-order valence-corrected chi connectivity index (χ1v) is 10.1. The molecule has 0 unspecified atom stereocenters. The average molecular weight is 458 g/mol. The van der Waals surface area contributed by atoms with Crippen LogP contribution in [0.4, 0.5) is 24.7 Å². The van der Waals surface area contributed by atoms with E-state index >= 15 is 0 Å². The van der Waals surface area contributed by atoms with Crippen LogP contribution in [0, 0.1) is 6.92 Å². The Morgan fingerprint density at radius 3 is 2.52 bits per heavy atom. The average Bonchev–Trinajstić information content (AvgIpc) is 3.09. The molecule has 1 aromatic heterocycles. The van der Waals surface area contributed by atoms with Gasteiger partial charge in [-0.1, -0.05) is 17.3 Å². The molecule has 12 heteroatoms. The molecule has 1 heterocycles. The number of thioether (sulfide) groups is 1. The van der Waals surface area contributed by atoms with Crippen LogP contribution in [-0.2, 0) is 20.6 Å². The number of alkyl halides is 3. The number of nitrogens with zero attached hydrogens (tertiary/aromatic N) is 2. The second-order valence-corrected chi connectivity index (χ2v) is 7.94. The van der Waals surface area contributed by atoms with Crippen LogP contribution in [0.15, 0.2) is 34.9 Å². The maximum atomic E-state index is 13.0. The number of anilines is 2. The maximum absolute atomic E-state index is 13.0. The molecule has 0 bridgehead atoms. The van der Waals surface area contributed by atoms with Crippen LogP contribution < -0.4 is 10.6 Å². The van der Waals surface area contributed by atoms with Crippen molar-refractivity contribution in [1.82, 2.24) is 10.1 Å². The molecule has 0 aliphatic heterocycles. The predicted molar refractivity (Wildman–Crippen MR) is 110 cm³/mol. The van der Waals surface area contributed by atoms with Gasteiger partial charge < -0.3 is 20.1 Å². The number of halogens is 3. The number of rotatable bonds is 8. The van der Waals surface area contributed by atoms with Gasteiger partial charge in [-0.15, -0.1) is 11.8 Å². The van der Waals surface area contributed by atoms with Crippen molar-refractivity contribution in [1.29, 1.82) is 0 Å². The SMILES string of the molecule is Cc1cc(NC(=O)[C@@H](C)SCC(=O)N(C)CC(=O)Nc2ccccc2C(F)(F)F)no1. The summed E-state index contributed by atoms with van der Waals surface area (Å²) in [4.78, 5) is 37.5. The molecule has 2 N–H and O–H groups in total. The van der Waals surface area contributed by atoms with E-state index in [0.717, 1.165) is 28.8 Å². The van der Waals surface area contributed by atoms with Gasteiger partial charge in [0.1, 0.15) is 5.76 Å². The highest BCUT2D eigenvalue weighted by atomic mass is 32.2. The van der Waals surface area contributed by atoms with Crippen molar-refractivity contribution in [3.05, 3.63) is 41.7 Å². The molecule has 0 spiro atoms. The first-order chi connectivity index (χ1) is 14.5. The Bertz CT molecular complexity index is 948. The third-order valence-electron chi connectivity index (χ3n) is 4.02. The van der Waals surface area contributed by atoms with Crippen molar-refractivity contribution in [3.8, 4) is 0 Å². The lowest BCUT2D eigenvalue weighted by atomic mass is 10.1. The molecule has 0 aliphatic rings. The molecule has 0 saturated heterocycles. The molecule has 168 valence electrons. The summed E-state index contributed by atoms with van der Waals surface area (Å²) in [6.07, 6.45) is -4.62. The molecular formula is C19H21F3N4O4S. The van der Waals surface area contributed by atoms with Gasteiger partial charge in [-0.3, -0.25) is 14.4 Å². The van der Waals surface area contributed by atoms with Crippen LogP contribution in [0.1, 0.15) is 18.2 Å². The van der Waals surface area contributed by atoms with Gasteiger partial charge in [0.15, 0.2) is 5.82 Å². The first-order valence-electron chi connectivity index (χ1n) is 9.03. The van der Waals surface area contributed by atoms with Gasteiger partial charge in [0, 0.05) is 13.1 Å². The fourth-order valence-electron chi connectivity index (χ4n) is 2.37. The Hall–Kier alpha value is -3.02. The summed E-state index contributed by atoms with van der Waals surface area (Å²) >= 11 is 1.04. The van der Waals surface area contributed by atoms with Crippen LogP contribution in [0.25, 0.3) is 0 Å². The van der Waals surface area contributed by atoms with Crippen LogP contribution in [0.5, 0.6) is 0 Å². The molecule has 2 aromatic rings. The van der Waals surface area contributed by atoms with Crippen molar-refractivity contribution in [2.24, 2.45) is 0 Å². The molecule has 1 aromatic carbocycles. The van der Waals surface area contributed by atoms with E-state index in [1.54, 1.807) is 19.9 Å². The molecule has 1 atom stereocenters. The van der Waals surface area contributed by atoms with E-state index in [2.05, 4.69) is 15.8 Å². The molecule has 31 heavy (non-hydrogen) atoms. The fourth-order valence-corrected chi connectivity index (χ4v) is 3.19. The summed E-state index contributed by atoms with van der Waals surface area (Å²) in [5.41, 5.74) is -1.36. The highest BCUT2D eigenvalue weighted by molar-refractivity contribution is 8.01. The van der Waals surface area contributed by atoms with E-state index in [4.69, 9.17) is 4.52 Å². The molecule has 0 fully saturated rings. The topological polar surface area (TPSA) is 105 Å². The monoisotopic (exact) mass is 458 g/mol.